The van der Waals surface area contributed by atoms with Gasteiger partial charge in [-0.15, -0.1) is 0 Å². The van der Waals surface area contributed by atoms with E-state index in [0.29, 0.717) is 30.2 Å². The van der Waals surface area contributed by atoms with Crippen LogP contribution in [0.25, 0.3) is 6.08 Å². The highest BCUT2D eigenvalue weighted by atomic mass is 32.1. The van der Waals surface area contributed by atoms with Crippen molar-refractivity contribution in [2.24, 2.45) is 0 Å². The van der Waals surface area contributed by atoms with Gasteiger partial charge in [-0.05, 0) is 62.0 Å². The molecular formula is C21H20N2O5S. The van der Waals surface area contributed by atoms with E-state index < -0.39 is 11.8 Å². The van der Waals surface area contributed by atoms with Crippen molar-refractivity contribution in [3.8, 4) is 17.2 Å². The van der Waals surface area contributed by atoms with Crippen LogP contribution in [0.1, 0.15) is 19.4 Å². The van der Waals surface area contributed by atoms with Crippen molar-refractivity contribution in [3.05, 3.63) is 53.6 Å². The lowest BCUT2D eigenvalue weighted by Crippen LogP contribution is -2.54. The summed E-state index contributed by atoms with van der Waals surface area (Å²) in [7, 11) is 0. The minimum atomic E-state index is -0.594. The molecule has 0 aliphatic carbocycles. The van der Waals surface area contributed by atoms with Crippen LogP contribution in [0.4, 0.5) is 5.69 Å². The maximum absolute atomic E-state index is 13.1. The van der Waals surface area contributed by atoms with Crippen molar-refractivity contribution >= 4 is 40.9 Å². The molecule has 2 aromatic carbocycles. The minimum absolute atomic E-state index is 0.00786. The summed E-state index contributed by atoms with van der Waals surface area (Å²) >= 11 is 5.21. The summed E-state index contributed by atoms with van der Waals surface area (Å²) in [5.41, 5.74) is 0.923. The van der Waals surface area contributed by atoms with Crippen LogP contribution in [0.15, 0.2) is 48.0 Å². The summed E-state index contributed by atoms with van der Waals surface area (Å²) in [4.78, 5) is 26.8. The Balaban J connectivity index is 1.98. The first-order valence-electron chi connectivity index (χ1n) is 9.04. The van der Waals surface area contributed by atoms with E-state index in [1.54, 1.807) is 43.3 Å². The van der Waals surface area contributed by atoms with Gasteiger partial charge < -0.3 is 14.6 Å². The fourth-order valence-corrected chi connectivity index (χ4v) is 3.11. The third-order valence-corrected chi connectivity index (χ3v) is 4.37. The first-order valence-corrected chi connectivity index (χ1v) is 9.45. The highest BCUT2D eigenvalue weighted by molar-refractivity contribution is 7.80. The largest absolute Gasteiger partial charge is 0.504 e. The zero-order valence-electron chi connectivity index (χ0n) is 16.0. The van der Waals surface area contributed by atoms with Crippen LogP contribution in [0, 0.1) is 0 Å². The van der Waals surface area contributed by atoms with Crippen molar-refractivity contribution in [2.75, 3.05) is 18.1 Å². The van der Waals surface area contributed by atoms with Gasteiger partial charge >= 0.3 is 0 Å². The Labute approximate surface area is 173 Å². The molecule has 1 aliphatic rings. The maximum Gasteiger partial charge on any atom is 0.270 e. The van der Waals surface area contributed by atoms with E-state index in [1.807, 2.05) is 6.92 Å². The Morgan fingerprint density at radius 2 is 1.86 bits per heavy atom. The van der Waals surface area contributed by atoms with Crippen molar-refractivity contribution in [2.45, 2.75) is 13.8 Å². The molecule has 2 N–H and O–H groups in total. The molecule has 0 saturated carbocycles. The van der Waals surface area contributed by atoms with Crippen LogP contribution in [-0.4, -0.2) is 35.2 Å². The standard InChI is InChI=1S/C21H20N2O5S/c1-3-27-15-7-5-6-14(12-15)23-20(26)16(19(25)22-21(23)29)10-13-8-9-17(24)18(11-13)28-4-2/h5-12,24H,3-4H2,1-2H3,(H,22,25,29)/b16-10-. The molecule has 0 atom stereocenters. The monoisotopic (exact) mass is 412 g/mol. The van der Waals surface area contributed by atoms with Crippen LogP contribution < -0.4 is 19.7 Å². The summed E-state index contributed by atoms with van der Waals surface area (Å²) in [6, 6.07) is 11.5. The molecule has 1 heterocycles. The van der Waals surface area contributed by atoms with Gasteiger partial charge in [-0.25, -0.2) is 0 Å². The Morgan fingerprint density at radius 3 is 2.59 bits per heavy atom. The average Bonchev–Trinajstić information content (AvgIpc) is 2.68. The summed E-state index contributed by atoms with van der Waals surface area (Å²) < 4.78 is 10.8. The highest BCUT2D eigenvalue weighted by Crippen LogP contribution is 2.29. The Hall–Kier alpha value is -3.39. The van der Waals surface area contributed by atoms with Gasteiger partial charge in [0, 0.05) is 6.07 Å². The van der Waals surface area contributed by atoms with Gasteiger partial charge in [0.05, 0.1) is 18.9 Å². The van der Waals surface area contributed by atoms with E-state index in [1.165, 1.54) is 17.0 Å². The number of nitrogens with one attached hydrogen (secondary N) is 1. The second-order valence-electron chi connectivity index (χ2n) is 6.05. The predicted molar refractivity (Wildman–Crippen MR) is 113 cm³/mol. The smallest absolute Gasteiger partial charge is 0.270 e. The van der Waals surface area contributed by atoms with Crippen molar-refractivity contribution in [3.63, 3.8) is 0 Å². The second-order valence-corrected chi connectivity index (χ2v) is 6.44. The van der Waals surface area contributed by atoms with Crippen molar-refractivity contribution in [1.82, 2.24) is 5.32 Å². The number of phenolic OH excluding ortho intramolecular Hbond substituents is 1. The quantitative estimate of drug-likeness (QED) is 0.431. The van der Waals surface area contributed by atoms with E-state index >= 15 is 0 Å². The van der Waals surface area contributed by atoms with E-state index in [-0.39, 0.29) is 22.2 Å². The average molecular weight is 412 g/mol. The number of anilines is 1. The zero-order valence-corrected chi connectivity index (χ0v) is 16.8. The number of ether oxygens (including phenoxy) is 2. The van der Waals surface area contributed by atoms with Gasteiger partial charge in [0.15, 0.2) is 16.6 Å². The lowest BCUT2D eigenvalue weighted by Gasteiger charge is -2.29. The molecule has 150 valence electrons. The third-order valence-electron chi connectivity index (χ3n) is 4.08. The normalized spacial score (nSPS) is 15.4. The molecule has 2 amide bonds. The van der Waals surface area contributed by atoms with E-state index in [0.717, 1.165) is 0 Å². The number of aromatic hydroxyl groups is 1. The molecule has 1 aliphatic heterocycles. The molecule has 1 fully saturated rings. The van der Waals surface area contributed by atoms with E-state index in [9.17, 15) is 14.7 Å². The van der Waals surface area contributed by atoms with Crippen LogP contribution >= 0.6 is 12.2 Å². The van der Waals surface area contributed by atoms with Gasteiger partial charge in [-0.3, -0.25) is 19.8 Å². The van der Waals surface area contributed by atoms with Crippen molar-refractivity contribution in [1.29, 1.82) is 0 Å². The van der Waals surface area contributed by atoms with E-state index in [2.05, 4.69) is 5.32 Å². The van der Waals surface area contributed by atoms with Crippen LogP contribution in [-0.2, 0) is 9.59 Å². The lowest BCUT2D eigenvalue weighted by atomic mass is 10.1. The first kappa shape index (κ1) is 20.3. The number of thiocarbonyl (C=S) groups is 1. The molecule has 3 rings (SSSR count). The number of hydrogen-bond donors (Lipinski definition) is 2. The minimum Gasteiger partial charge on any atom is -0.504 e. The molecule has 0 spiro atoms. The lowest BCUT2D eigenvalue weighted by molar-refractivity contribution is -0.122. The predicted octanol–water partition coefficient (Wildman–Crippen LogP) is 3.02. The number of hydrogen-bond acceptors (Lipinski definition) is 6. The molecule has 0 radical (unpaired) electrons. The molecule has 8 heteroatoms. The fourth-order valence-electron chi connectivity index (χ4n) is 2.83. The first-order chi connectivity index (χ1) is 13.9. The SMILES string of the molecule is CCOc1cccc(N2C(=O)/C(=C\c3ccc(O)c(OCC)c3)C(=O)NC2=S)c1. The highest BCUT2D eigenvalue weighted by Gasteiger charge is 2.34. The molecule has 2 aromatic rings. The number of carbonyl (C=O) groups is 2. The van der Waals surface area contributed by atoms with Gasteiger partial charge in [-0.2, -0.15) is 0 Å². The molecule has 1 saturated heterocycles. The summed E-state index contributed by atoms with van der Waals surface area (Å²) in [5.74, 6) is -0.323. The number of amides is 2. The number of nitrogens with zero attached hydrogens (tertiary/aromatic N) is 1. The Morgan fingerprint density at radius 1 is 1.10 bits per heavy atom. The molecule has 29 heavy (non-hydrogen) atoms. The van der Waals surface area contributed by atoms with Crippen LogP contribution in [0.2, 0.25) is 0 Å². The van der Waals surface area contributed by atoms with Gasteiger partial charge in [0.25, 0.3) is 11.8 Å². The number of phenols is 1. The third kappa shape index (κ3) is 4.38. The summed E-state index contributed by atoms with van der Waals surface area (Å²) in [6.45, 7) is 4.49. The molecule has 0 unspecified atom stereocenters. The fraction of sp³-hybridized carbons (Fsp3) is 0.190. The molecule has 0 bridgehead atoms. The van der Waals surface area contributed by atoms with Gasteiger partial charge in [-0.1, -0.05) is 12.1 Å². The van der Waals surface area contributed by atoms with Crippen molar-refractivity contribution < 1.29 is 24.2 Å². The Kier molecular flexibility index (Phi) is 6.13. The second kappa shape index (κ2) is 8.74. The Bertz CT molecular complexity index is 1000. The summed E-state index contributed by atoms with van der Waals surface area (Å²) in [5, 5.41) is 12.4. The van der Waals surface area contributed by atoms with Gasteiger partial charge in [0.2, 0.25) is 0 Å². The summed E-state index contributed by atoms with van der Waals surface area (Å²) in [6.07, 6.45) is 1.43. The van der Waals surface area contributed by atoms with Gasteiger partial charge in [0.1, 0.15) is 11.3 Å². The number of benzene rings is 2. The molecule has 7 nitrogen and oxygen atoms in total. The number of carbonyl (C=O) groups excluding carboxylic acids is 2. The maximum atomic E-state index is 13.1. The van der Waals surface area contributed by atoms with E-state index in [4.69, 9.17) is 21.7 Å². The van der Waals surface area contributed by atoms with Crippen LogP contribution in [0.3, 0.4) is 0 Å². The molecule has 0 aromatic heterocycles. The zero-order chi connectivity index (χ0) is 21.0. The number of rotatable bonds is 6. The van der Waals surface area contributed by atoms with Crippen LogP contribution in [0.5, 0.6) is 17.2 Å². The topological polar surface area (TPSA) is 88.1 Å². The molecular weight excluding hydrogens is 392 g/mol.